The molecule has 0 saturated carbocycles. The van der Waals surface area contributed by atoms with Crippen molar-refractivity contribution in [1.29, 1.82) is 0 Å². The minimum absolute atomic E-state index is 0.112. The Morgan fingerprint density at radius 2 is 1.74 bits per heavy atom. The number of primary amides is 1. The number of carbonyl (C=O) groups excluding carboxylic acids is 1. The molecule has 2 rings (SSSR count). The Kier molecular flexibility index (Phi) is 4.94. The molecule has 0 spiro atoms. The van der Waals surface area contributed by atoms with Crippen LogP contribution in [0.4, 0.5) is 0 Å². The topological polar surface area (TPSA) is 61.5 Å². The van der Waals surface area contributed by atoms with Crippen LogP contribution < -0.4 is 15.2 Å². The van der Waals surface area contributed by atoms with Gasteiger partial charge in [-0.25, -0.2) is 0 Å². The fourth-order valence-electron chi connectivity index (χ4n) is 2.28. The van der Waals surface area contributed by atoms with Crippen LogP contribution in [0.5, 0.6) is 11.5 Å². The molecule has 0 fully saturated rings. The van der Waals surface area contributed by atoms with Gasteiger partial charge in [0, 0.05) is 0 Å². The number of rotatable bonds is 5. The number of hydrogen-bond donors (Lipinski definition) is 1. The highest BCUT2D eigenvalue weighted by atomic mass is 16.5. The number of amides is 1. The molecule has 0 aromatic heterocycles. The van der Waals surface area contributed by atoms with E-state index in [2.05, 4.69) is 32.9 Å². The zero-order valence-electron chi connectivity index (χ0n) is 14.1. The Hall–Kier alpha value is -2.49. The Balaban J connectivity index is 2.19. The zero-order valence-corrected chi connectivity index (χ0v) is 14.1. The van der Waals surface area contributed by atoms with Crippen LogP contribution in [0, 0.1) is 0 Å². The van der Waals surface area contributed by atoms with Crippen molar-refractivity contribution in [2.75, 3.05) is 7.11 Å². The van der Waals surface area contributed by atoms with Crippen LogP contribution in [0.15, 0.2) is 42.5 Å². The van der Waals surface area contributed by atoms with E-state index in [1.807, 2.05) is 12.1 Å². The van der Waals surface area contributed by atoms with E-state index in [-0.39, 0.29) is 5.41 Å². The summed E-state index contributed by atoms with van der Waals surface area (Å²) in [6.45, 7) is 6.86. The van der Waals surface area contributed by atoms with Gasteiger partial charge in [0.05, 0.1) is 12.7 Å². The zero-order chi connectivity index (χ0) is 17.0. The molecule has 4 nitrogen and oxygen atoms in total. The number of nitrogens with two attached hydrogens (primary N) is 1. The van der Waals surface area contributed by atoms with Gasteiger partial charge in [-0.05, 0) is 28.7 Å². The number of hydrogen-bond acceptors (Lipinski definition) is 3. The monoisotopic (exact) mass is 313 g/mol. The lowest BCUT2D eigenvalue weighted by Gasteiger charge is -2.19. The van der Waals surface area contributed by atoms with Gasteiger partial charge in [0.1, 0.15) is 6.61 Å². The molecular weight excluding hydrogens is 290 g/mol. The number of para-hydroxylation sites is 1. The first-order chi connectivity index (χ1) is 10.8. The molecule has 0 saturated heterocycles. The lowest BCUT2D eigenvalue weighted by atomic mass is 9.87. The van der Waals surface area contributed by atoms with E-state index in [1.165, 1.54) is 12.7 Å². The minimum atomic E-state index is -0.540. The Morgan fingerprint density at radius 1 is 1.09 bits per heavy atom. The molecular formula is C19H23NO3. The first-order valence-electron chi connectivity index (χ1n) is 7.52. The van der Waals surface area contributed by atoms with Gasteiger partial charge < -0.3 is 15.2 Å². The van der Waals surface area contributed by atoms with E-state index >= 15 is 0 Å². The highest BCUT2D eigenvalue weighted by molar-refractivity contribution is 5.96. The molecule has 4 heteroatoms. The predicted octanol–water partition coefficient (Wildman–Crippen LogP) is 3.67. The normalized spacial score (nSPS) is 11.1. The maximum Gasteiger partial charge on any atom is 0.252 e. The summed E-state index contributed by atoms with van der Waals surface area (Å²) in [4.78, 5) is 11.5. The first kappa shape index (κ1) is 16.9. The fourth-order valence-corrected chi connectivity index (χ4v) is 2.28. The highest BCUT2D eigenvalue weighted by Crippen LogP contribution is 2.31. The van der Waals surface area contributed by atoms with Gasteiger partial charge in [0.25, 0.3) is 5.91 Å². The van der Waals surface area contributed by atoms with Crippen LogP contribution in [-0.2, 0) is 12.0 Å². The number of methoxy groups -OCH3 is 1. The van der Waals surface area contributed by atoms with E-state index in [4.69, 9.17) is 15.2 Å². The van der Waals surface area contributed by atoms with E-state index in [9.17, 15) is 4.79 Å². The summed E-state index contributed by atoms with van der Waals surface area (Å²) >= 11 is 0. The van der Waals surface area contributed by atoms with Crippen LogP contribution in [0.25, 0.3) is 0 Å². The van der Waals surface area contributed by atoms with E-state index in [0.29, 0.717) is 23.7 Å². The van der Waals surface area contributed by atoms with Crippen molar-refractivity contribution in [3.05, 3.63) is 59.2 Å². The molecule has 2 aromatic carbocycles. The molecule has 23 heavy (non-hydrogen) atoms. The third-order valence-electron chi connectivity index (χ3n) is 3.67. The molecule has 0 atom stereocenters. The highest BCUT2D eigenvalue weighted by Gasteiger charge is 2.16. The van der Waals surface area contributed by atoms with Crippen molar-refractivity contribution in [2.24, 2.45) is 5.73 Å². The van der Waals surface area contributed by atoms with Gasteiger partial charge in [-0.2, -0.15) is 0 Å². The molecule has 0 heterocycles. The van der Waals surface area contributed by atoms with Crippen LogP contribution in [0.1, 0.15) is 42.3 Å². The predicted molar refractivity (Wildman–Crippen MR) is 91.0 cm³/mol. The lowest BCUT2D eigenvalue weighted by Crippen LogP contribution is -2.14. The average Bonchev–Trinajstić information content (AvgIpc) is 2.52. The Morgan fingerprint density at radius 3 is 2.26 bits per heavy atom. The standard InChI is InChI=1S/C19H23NO3/c1-19(2,3)14-10-8-13(9-11-14)12-23-17-15(18(20)21)6-5-7-16(17)22-4/h5-11H,12H2,1-4H3,(H2,20,21). The molecule has 0 radical (unpaired) electrons. The third kappa shape index (κ3) is 4.03. The van der Waals surface area contributed by atoms with Crippen molar-refractivity contribution in [3.63, 3.8) is 0 Å². The fraction of sp³-hybridized carbons (Fsp3) is 0.316. The SMILES string of the molecule is COc1cccc(C(N)=O)c1OCc1ccc(C(C)(C)C)cc1. The van der Waals surface area contributed by atoms with Crippen LogP contribution in [-0.4, -0.2) is 13.0 Å². The largest absolute Gasteiger partial charge is 0.493 e. The molecule has 0 aliphatic rings. The molecule has 0 aliphatic heterocycles. The second-order valence-corrected chi connectivity index (χ2v) is 6.44. The summed E-state index contributed by atoms with van der Waals surface area (Å²) < 4.78 is 11.1. The second-order valence-electron chi connectivity index (χ2n) is 6.44. The lowest BCUT2D eigenvalue weighted by molar-refractivity contribution is 0.0995. The average molecular weight is 313 g/mol. The molecule has 122 valence electrons. The number of carbonyl (C=O) groups is 1. The quantitative estimate of drug-likeness (QED) is 0.916. The second kappa shape index (κ2) is 6.73. The van der Waals surface area contributed by atoms with Gasteiger partial charge in [-0.3, -0.25) is 4.79 Å². The summed E-state index contributed by atoms with van der Waals surface area (Å²) in [5, 5.41) is 0. The number of benzene rings is 2. The van der Waals surface area contributed by atoms with Gasteiger partial charge in [-0.15, -0.1) is 0 Å². The molecule has 1 amide bonds. The van der Waals surface area contributed by atoms with Crippen molar-refractivity contribution in [3.8, 4) is 11.5 Å². The van der Waals surface area contributed by atoms with Crippen LogP contribution >= 0.6 is 0 Å². The van der Waals surface area contributed by atoms with E-state index in [0.717, 1.165) is 5.56 Å². The van der Waals surface area contributed by atoms with Gasteiger partial charge >= 0.3 is 0 Å². The summed E-state index contributed by atoms with van der Waals surface area (Å²) in [5.41, 5.74) is 8.10. The maximum atomic E-state index is 11.5. The van der Waals surface area contributed by atoms with E-state index in [1.54, 1.807) is 18.2 Å². The van der Waals surface area contributed by atoms with Gasteiger partial charge in [0.15, 0.2) is 11.5 Å². The summed E-state index contributed by atoms with van der Waals surface area (Å²) in [6, 6.07) is 13.3. The minimum Gasteiger partial charge on any atom is -0.493 e. The summed E-state index contributed by atoms with van der Waals surface area (Å²) in [7, 11) is 1.53. The third-order valence-corrected chi connectivity index (χ3v) is 3.67. The Labute approximate surface area is 137 Å². The van der Waals surface area contributed by atoms with Crippen molar-refractivity contribution in [1.82, 2.24) is 0 Å². The van der Waals surface area contributed by atoms with Crippen molar-refractivity contribution >= 4 is 5.91 Å². The first-order valence-corrected chi connectivity index (χ1v) is 7.52. The molecule has 0 aliphatic carbocycles. The molecule has 0 bridgehead atoms. The van der Waals surface area contributed by atoms with Crippen molar-refractivity contribution < 1.29 is 14.3 Å². The molecule has 2 aromatic rings. The smallest absolute Gasteiger partial charge is 0.252 e. The maximum absolute atomic E-state index is 11.5. The van der Waals surface area contributed by atoms with Gasteiger partial charge in [-0.1, -0.05) is 51.1 Å². The van der Waals surface area contributed by atoms with Crippen LogP contribution in [0.3, 0.4) is 0 Å². The Bertz CT molecular complexity index is 685. The summed E-state index contributed by atoms with van der Waals surface area (Å²) in [6.07, 6.45) is 0. The van der Waals surface area contributed by atoms with Crippen LogP contribution in [0.2, 0.25) is 0 Å². The molecule has 0 unspecified atom stereocenters. The molecule has 2 N–H and O–H groups in total. The van der Waals surface area contributed by atoms with E-state index < -0.39 is 5.91 Å². The number of ether oxygens (including phenoxy) is 2. The van der Waals surface area contributed by atoms with Gasteiger partial charge in [0.2, 0.25) is 0 Å². The van der Waals surface area contributed by atoms with Crippen molar-refractivity contribution in [2.45, 2.75) is 32.8 Å². The summed E-state index contributed by atoms with van der Waals surface area (Å²) in [5.74, 6) is 0.331.